The number of carbonyl (C=O) groups excluding carboxylic acids is 1. The van der Waals surface area contributed by atoms with Gasteiger partial charge in [-0.1, -0.05) is 6.07 Å². The summed E-state index contributed by atoms with van der Waals surface area (Å²) in [5.74, 6) is 0.0113. The third-order valence-electron chi connectivity index (χ3n) is 3.80. The zero-order chi connectivity index (χ0) is 18.7. The van der Waals surface area contributed by atoms with Crippen LogP contribution < -0.4 is 14.9 Å². The number of phenols is 1. The molecule has 0 spiro atoms. The molecule has 26 heavy (non-hydrogen) atoms. The molecule has 0 aliphatic carbocycles. The van der Waals surface area contributed by atoms with Crippen LogP contribution in [0, 0.1) is 6.92 Å². The van der Waals surface area contributed by atoms with E-state index in [-0.39, 0.29) is 23.2 Å². The molecule has 8 nitrogen and oxygen atoms in total. The van der Waals surface area contributed by atoms with Gasteiger partial charge in [0.1, 0.15) is 11.3 Å². The molecule has 0 unspecified atom stereocenters. The molecule has 2 aromatic heterocycles. The van der Waals surface area contributed by atoms with Gasteiger partial charge < -0.3 is 14.6 Å². The summed E-state index contributed by atoms with van der Waals surface area (Å²) in [5.41, 5.74) is 4.78. The van der Waals surface area contributed by atoms with Gasteiger partial charge in [0.2, 0.25) is 5.75 Å². The summed E-state index contributed by atoms with van der Waals surface area (Å²) in [5, 5.41) is 13.9. The Morgan fingerprint density at radius 2 is 1.96 bits per heavy atom. The topological polar surface area (TPSA) is 97.5 Å². The highest BCUT2D eigenvalue weighted by Gasteiger charge is 2.15. The Kier molecular flexibility index (Phi) is 4.74. The molecule has 0 atom stereocenters. The first-order chi connectivity index (χ1) is 12.5. The number of imidazole rings is 1. The minimum absolute atomic E-state index is 0.0995. The van der Waals surface area contributed by atoms with Crippen LogP contribution >= 0.6 is 0 Å². The van der Waals surface area contributed by atoms with Crippen molar-refractivity contribution in [1.29, 1.82) is 0 Å². The number of ether oxygens (including phenoxy) is 2. The van der Waals surface area contributed by atoms with E-state index in [4.69, 9.17) is 9.47 Å². The van der Waals surface area contributed by atoms with Crippen LogP contribution in [0.15, 0.2) is 41.6 Å². The molecule has 2 heterocycles. The van der Waals surface area contributed by atoms with Crippen molar-refractivity contribution >= 4 is 17.8 Å². The molecular formula is C18H18N4O4. The van der Waals surface area contributed by atoms with Gasteiger partial charge in [-0.05, 0) is 31.2 Å². The van der Waals surface area contributed by atoms with Gasteiger partial charge >= 0.3 is 0 Å². The van der Waals surface area contributed by atoms with E-state index >= 15 is 0 Å². The molecule has 0 saturated carbocycles. The normalized spacial score (nSPS) is 11.0. The average molecular weight is 354 g/mol. The third kappa shape index (κ3) is 3.16. The van der Waals surface area contributed by atoms with Crippen molar-refractivity contribution in [2.45, 2.75) is 6.92 Å². The van der Waals surface area contributed by atoms with Crippen LogP contribution in [-0.4, -0.2) is 40.8 Å². The molecule has 1 amide bonds. The molecule has 134 valence electrons. The minimum Gasteiger partial charge on any atom is -0.502 e. The number of nitrogens with one attached hydrogen (secondary N) is 1. The lowest BCUT2D eigenvalue weighted by Crippen LogP contribution is -2.20. The number of hydrogen-bond donors (Lipinski definition) is 2. The Morgan fingerprint density at radius 3 is 2.62 bits per heavy atom. The van der Waals surface area contributed by atoms with Crippen LogP contribution in [0.1, 0.15) is 21.7 Å². The molecule has 3 rings (SSSR count). The summed E-state index contributed by atoms with van der Waals surface area (Å²) >= 11 is 0. The van der Waals surface area contributed by atoms with Crippen molar-refractivity contribution < 1.29 is 19.4 Å². The van der Waals surface area contributed by atoms with Crippen molar-refractivity contribution in [3.05, 3.63) is 53.5 Å². The Balaban J connectivity index is 1.82. The summed E-state index contributed by atoms with van der Waals surface area (Å²) in [6.07, 6.45) is 3.20. The second-order valence-corrected chi connectivity index (χ2v) is 5.45. The average Bonchev–Trinajstić information content (AvgIpc) is 2.98. The number of nitrogens with zero attached hydrogens (tertiary/aromatic N) is 3. The smallest absolute Gasteiger partial charge is 0.290 e. The number of hydrogen-bond acceptors (Lipinski definition) is 6. The highest BCUT2D eigenvalue weighted by molar-refractivity contribution is 5.95. The van der Waals surface area contributed by atoms with Crippen LogP contribution in [0.5, 0.6) is 17.2 Å². The standard InChI is InChI=1S/C18H18N4O4/c1-11-16(22-7-5-4-6-15(22)20-11)18(24)21-19-10-12-8-13(25-2)17(23)14(9-12)26-3/h4-10,23H,1-3H3,(H,21,24)/b19-10+. The number of aromatic nitrogens is 2. The third-order valence-corrected chi connectivity index (χ3v) is 3.80. The number of aryl methyl sites for hydroxylation is 1. The SMILES string of the molecule is COc1cc(/C=N/NC(=O)c2c(C)nc3ccccn23)cc(OC)c1O. The van der Waals surface area contributed by atoms with E-state index < -0.39 is 0 Å². The lowest BCUT2D eigenvalue weighted by atomic mass is 10.2. The van der Waals surface area contributed by atoms with Gasteiger partial charge in [-0.25, -0.2) is 10.4 Å². The zero-order valence-electron chi connectivity index (χ0n) is 14.6. The predicted octanol–water partition coefficient (Wildman–Crippen LogP) is 2.13. The van der Waals surface area contributed by atoms with Crippen LogP contribution in [0.3, 0.4) is 0 Å². The predicted molar refractivity (Wildman–Crippen MR) is 96.2 cm³/mol. The number of benzene rings is 1. The number of carbonyl (C=O) groups is 1. The molecule has 0 saturated heterocycles. The maximum Gasteiger partial charge on any atom is 0.290 e. The van der Waals surface area contributed by atoms with E-state index in [1.54, 1.807) is 29.7 Å². The first-order valence-corrected chi connectivity index (χ1v) is 7.77. The Labute approximate surface area is 149 Å². The lowest BCUT2D eigenvalue weighted by molar-refractivity contribution is 0.0948. The van der Waals surface area contributed by atoms with Crippen molar-refractivity contribution in [3.8, 4) is 17.2 Å². The lowest BCUT2D eigenvalue weighted by Gasteiger charge is -2.09. The van der Waals surface area contributed by atoms with Gasteiger partial charge in [0.05, 0.1) is 26.1 Å². The summed E-state index contributed by atoms with van der Waals surface area (Å²) in [4.78, 5) is 16.8. The van der Waals surface area contributed by atoms with E-state index in [0.717, 1.165) is 0 Å². The van der Waals surface area contributed by atoms with E-state index in [9.17, 15) is 9.90 Å². The van der Waals surface area contributed by atoms with Crippen molar-refractivity contribution in [1.82, 2.24) is 14.8 Å². The molecule has 8 heteroatoms. The number of aromatic hydroxyl groups is 1. The van der Waals surface area contributed by atoms with Gasteiger partial charge in [-0.2, -0.15) is 5.10 Å². The first kappa shape index (κ1) is 17.3. The largest absolute Gasteiger partial charge is 0.502 e. The van der Waals surface area contributed by atoms with Gasteiger partial charge in [0, 0.05) is 11.8 Å². The summed E-state index contributed by atoms with van der Waals surface area (Å²) in [6, 6.07) is 8.65. The molecular weight excluding hydrogens is 336 g/mol. The van der Waals surface area contributed by atoms with Crippen LogP contribution in [0.4, 0.5) is 0 Å². The molecule has 0 bridgehead atoms. The summed E-state index contributed by atoms with van der Waals surface area (Å²) in [6.45, 7) is 1.77. The Bertz CT molecular complexity index is 969. The number of hydrazone groups is 1. The number of amides is 1. The molecule has 1 aromatic carbocycles. The van der Waals surface area contributed by atoms with Crippen molar-refractivity contribution in [2.75, 3.05) is 14.2 Å². The van der Waals surface area contributed by atoms with Crippen molar-refractivity contribution in [3.63, 3.8) is 0 Å². The Hall–Kier alpha value is -3.55. The molecule has 2 N–H and O–H groups in total. The molecule has 0 radical (unpaired) electrons. The van der Waals surface area contributed by atoms with Crippen molar-refractivity contribution in [2.24, 2.45) is 5.10 Å². The summed E-state index contributed by atoms with van der Waals surface area (Å²) < 4.78 is 11.9. The highest BCUT2D eigenvalue weighted by Crippen LogP contribution is 2.36. The number of phenolic OH excluding ortho intramolecular Hbond substituents is 1. The number of fused-ring (bicyclic) bond motifs is 1. The maximum absolute atomic E-state index is 12.5. The second kappa shape index (κ2) is 7.14. The quantitative estimate of drug-likeness (QED) is 0.540. The number of methoxy groups -OCH3 is 2. The van der Waals surface area contributed by atoms with Gasteiger partial charge in [0.15, 0.2) is 11.5 Å². The van der Waals surface area contributed by atoms with E-state index in [2.05, 4.69) is 15.5 Å². The number of rotatable bonds is 5. The fourth-order valence-electron chi connectivity index (χ4n) is 2.59. The molecule has 3 aromatic rings. The second-order valence-electron chi connectivity index (χ2n) is 5.45. The van der Waals surface area contributed by atoms with Gasteiger partial charge in [0.25, 0.3) is 5.91 Å². The van der Waals surface area contributed by atoms with E-state index in [1.807, 2.05) is 18.2 Å². The fraction of sp³-hybridized carbons (Fsp3) is 0.167. The fourth-order valence-corrected chi connectivity index (χ4v) is 2.59. The maximum atomic E-state index is 12.5. The van der Waals surface area contributed by atoms with Crippen LogP contribution in [-0.2, 0) is 0 Å². The first-order valence-electron chi connectivity index (χ1n) is 7.77. The minimum atomic E-state index is -0.379. The molecule has 0 fully saturated rings. The number of pyridine rings is 1. The zero-order valence-corrected chi connectivity index (χ0v) is 14.6. The monoisotopic (exact) mass is 354 g/mol. The van der Waals surface area contributed by atoms with Gasteiger partial charge in [-0.3, -0.25) is 9.20 Å². The van der Waals surface area contributed by atoms with Crippen LogP contribution in [0.25, 0.3) is 5.65 Å². The van der Waals surface area contributed by atoms with Gasteiger partial charge in [-0.15, -0.1) is 0 Å². The van der Waals surface area contributed by atoms with Crippen LogP contribution in [0.2, 0.25) is 0 Å². The van der Waals surface area contributed by atoms with E-state index in [1.165, 1.54) is 20.4 Å². The molecule has 0 aliphatic rings. The Morgan fingerprint density at radius 1 is 1.27 bits per heavy atom. The van der Waals surface area contributed by atoms with E-state index in [0.29, 0.717) is 22.6 Å². The summed E-state index contributed by atoms with van der Waals surface area (Å²) in [7, 11) is 2.87. The highest BCUT2D eigenvalue weighted by atomic mass is 16.5. The molecule has 0 aliphatic heterocycles.